The molecule has 1 aliphatic heterocycles. The number of aryl methyl sites for hydroxylation is 1. The van der Waals surface area contributed by atoms with Crippen LogP contribution in [0.3, 0.4) is 0 Å². The third-order valence-corrected chi connectivity index (χ3v) is 8.73. The lowest BCUT2D eigenvalue weighted by atomic mass is 10.1. The molecule has 4 aromatic carbocycles. The van der Waals surface area contributed by atoms with Crippen molar-refractivity contribution in [3.8, 4) is 5.75 Å². The van der Waals surface area contributed by atoms with E-state index in [1.807, 2.05) is 66.7 Å². The molecule has 4 aromatic rings. The summed E-state index contributed by atoms with van der Waals surface area (Å²) in [5, 5.41) is 2.90. The molecule has 42 heavy (non-hydrogen) atoms. The highest BCUT2D eigenvalue weighted by molar-refractivity contribution is 7.89. The van der Waals surface area contributed by atoms with Gasteiger partial charge in [-0.15, -0.1) is 0 Å². The first kappa shape index (κ1) is 29.0. The van der Waals surface area contributed by atoms with E-state index in [0.29, 0.717) is 24.4 Å². The molecule has 0 spiro atoms. The van der Waals surface area contributed by atoms with Gasteiger partial charge in [-0.25, -0.2) is 13.1 Å². The highest BCUT2D eigenvalue weighted by Gasteiger charge is 2.33. The van der Waals surface area contributed by atoms with Gasteiger partial charge in [0.25, 0.3) is 5.91 Å². The van der Waals surface area contributed by atoms with Gasteiger partial charge < -0.3 is 15.0 Å². The Kier molecular flexibility index (Phi) is 9.00. The van der Waals surface area contributed by atoms with Crippen molar-refractivity contribution in [1.29, 1.82) is 0 Å². The van der Waals surface area contributed by atoms with Crippen LogP contribution in [-0.2, 0) is 32.6 Å². The highest BCUT2D eigenvalue weighted by atomic mass is 32.2. The minimum absolute atomic E-state index is 0.0962. The van der Waals surface area contributed by atoms with Crippen LogP contribution in [0.15, 0.2) is 114 Å². The standard InChI is InChI=1S/C33H33N3O5S/c1-24(27-12-6-3-7-13-27)35-42(39,40)28-19-16-25(17-20-28)18-21-32(37)36-23-31(41-30-15-9-8-14-29(30)36)33(38)34-22-26-10-4-2-5-11-26/h2-17,19-20,24,31,35H,18,21-23H2,1H3,(H,34,38)/t24-,31-/m0/s1. The van der Waals surface area contributed by atoms with Gasteiger partial charge in [-0.1, -0.05) is 84.9 Å². The summed E-state index contributed by atoms with van der Waals surface area (Å²) < 4.78 is 34.5. The van der Waals surface area contributed by atoms with E-state index in [4.69, 9.17) is 4.74 Å². The number of carbonyl (C=O) groups excluding carboxylic acids is 2. The topological polar surface area (TPSA) is 105 Å². The molecule has 0 aromatic heterocycles. The summed E-state index contributed by atoms with van der Waals surface area (Å²) in [4.78, 5) is 28.1. The quantitative estimate of drug-likeness (QED) is 0.280. The van der Waals surface area contributed by atoms with Crippen LogP contribution < -0.4 is 19.7 Å². The van der Waals surface area contributed by atoms with Gasteiger partial charge in [0.15, 0.2) is 6.10 Å². The Bertz CT molecular complexity index is 1630. The van der Waals surface area contributed by atoms with Gasteiger partial charge in [0.1, 0.15) is 5.75 Å². The molecule has 1 aliphatic rings. The number of amides is 2. The normalized spacial score (nSPS) is 15.3. The number of fused-ring (bicyclic) bond motifs is 1. The molecule has 2 amide bonds. The zero-order valence-electron chi connectivity index (χ0n) is 23.3. The van der Waals surface area contributed by atoms with Crippen LogP contribution in [0.2, 0.25) is 0 Å². The summed E-state index contributed by atoms with van der Waals surface area (Å²) in [5.74, 6) is 0.0311. The number of ether oxygens (including phenoxy) is 1. The van der Waals surface area contributed by atoms with Crippen molar-refractivity contribution in [1.82, 2.24) is 10.0 Å². The molecule has 0 radical (unpaired) electrons. The number of carbonyl (C=O) groups is 2. The third kappa shape index (κ3) is 7.05. The van der Waals surface area contributed by atoms with E-state index in [0.717, 1.165) is 16.7 Å². The van der Waals surface area contributed by atoms with Gasteiger partial charge in [-0.3, -0.25) is 9.59 Å². The molecule has 2 N–H and O–H groups in total. The number of benzene rings is 4. The maximum Gasteiger partial charge on any atom is 0.263 e. The van der Waals surface area contributed by atoms with Gasteiger partial charge >= 0.3 is 0 Å². The average Bonchev–Trinajstić information content (AvgIpc) is 3.02. The molecule has 0 bridgehead atoms. The van der Waals surface area contributed by atoms with E-state index in [9.17, 15) is 18.0 Å². The van der Waals surface area contributed by atoms with Gasteiger partial charge in [0.2, 0.25) is 15.9 Å². The van der Waals surface area contributed by atoms with Crippen LogP contribution in [-0.4, -0.2) is 32.9 Å². The van der Waals surface area contributed by atoms with Crippen LogP contribution >= 0.6 is 0 Å². The van der Waals surface area contributed by atoms with Crippen molar-refractivity contribution < 1.29 is 22.7 Å². The second kappa shape index (κ2) is 13.0. The van der Waals surface area contributed by atoms with Crippen LogP contribution in [0.1, 0.15) is 36.1 Å². The van der Waals surface area contributed by atoms with E-state index >= 15 is 0 Å². The summed E-state index contributed by atoms with van der Waals surface area (Å²) in [5.41, 5.74) is 3.29. The van der Waals surface area contributed by atoms with Crippen molar-refractivity contribution in [2.24, 2.45) is 0 Å². The molecular formula is C33H33N3O5S. The number of rotatable bonds is 10. The number of anilines is 1. The first-order valence-electron chi connectivity index (χ1n) is 13.8. The Morgan fingerprint density at radius 3 is 2.21 bits per heavy atom. The molecule has 0 aliphatic carbocycles. The molecule has 0 saturated heterocycles. The smallest absolute Gasteiger partial charge is 0.263 e. The first-order chi connectivity index (χ1) is 20.3. The van der Waals surface area contributed by atoms with Crippen molar-refractivity contribution in [2.75, 3.05) is 11.4 Å². The molecule has 9 heteroatoms. The molecule has 0 fully saturated rings. The molecule has 0 saturated carbocycles. The third-order valence-electron chi connectivity index (χ3n) is 7.17. The fourth-order valence-corrected chi connectivity index (χ4v) is 6.07. The Hall–Kier alpha value is -4.47. The Balaban J connectivity index is 1.20. The maximum atomic E-state index is 13.4. The van der Waals surface area contributed by atoms with Crippen molar-refractivity contribution in [3.05, 3.63) is 126 Å². The molecule has 5 rings (SSSR count). The van der Waals surface area contributed by atoms with Gasteiger partial charge in [0, 0.05) is 19.0 Å². The second-order valence-electron chi connectivity index (χ2n) is 10.2. The lowest BCUT2D eigenvalue weighted by Gasteiger charge is -2.34. The Labute approximate surface area is 246 Å². The SMILES string of the molecule is C[C@H](NS(=O)(=O)c1ccc(CCC(=O)N2C[C@@H](C(=O)NCc3ccccc3)Oc3ccccc32)cc1)c1ccccc1. The lowest BCUT2D eigenvalue weighted by Crippen LogP contribution is -2.50. The van der Waals surface area contributed by atoms with E-state index < -0.39 is 16.1 Å². The number of nitrogens with one attached hydrogen (secondary N) is 2. The van der Waals surface area contributed by atoms with Crippen LogP contribution in [0, 0.1) is 0 Å². The van der Waals surface area contributed by atoms with E-state index in [-0.39, 0.29) is 35.7 Å². The predicted octanol–water partition coefficient (Wildman–Crippen LogP) is 4.77. The zero-order chi connectivity index (χ0) is 29.5. The highest BCUT2D eigenvalue weighted by Crippen LogP contribution is 2.33. The van der Waals surface area contributed by atoms with Crippen LogP contribution in [0.25, 0.3) is 0 Å². The summed E-state index contributed by atoms with van der Waals surface area (Å²) in [6, 6.07) is 32.3. The predicted molar refractivity (Wildman–Crippen MR) is 161 cm³/mol. The number of para-hydroxylation sites is 2. The number of hydrogen-bond acceptors (Lipinski definition) is 5. The van der Waals surface area contributed by atoms with Crippen LogP contribution in [0.4, 0.5) is 5.69 Å². The van der Waals surface area contributed by atoms with Crippen LogP contribution in [0.5, 0.6) is 5.75 Å². The number of nitrogens with zero attached hydrogens (tertiary/aromatic N) is 1. The number of sulfonamides is 1. The van der Waals surface area contributed by atoms with Crippen molar-refractivity contribution in [3.63, 3.8) is 0 Å². The number of hydrogen-bond donors (Lipinski definition) is 2. The van der Waals surface area contributed by atoms with Gasteiger partial charge in [-0.05, 0) is 54.3 Å². The lowest BCUT2D eigenvalue weighted by molar-refractivity contribution is -0.128. The molecule has 216 valence electrons. The summed E-state index contributed by atoms with van der Waals surface area (Å²) in [7, 11) is -3.72. The molecule has 1 heterocycles. The van der Waals surface area contributed by atoms with Crippen molar-refractivity contribution in [2.45, 2.75) is 43.4 Å². The second-order valence-corrected chi connectivity index (χ2v) is 11.9. The van der Waals surface area contributed by atoms with Crippen molar-refractivity contribution >= 4 is 27.5 Å². The van der Waals surface area contributed by atoms with E-state index in [2.05, 4.69) is 10.0 Å². The van der Waals surface area contributed by atoms with Gasteiger partial charge in [0.05, 0.1) is 17.1 Å². The average molecular weight is 584 g/mol. The summed E-state index contributed by atoms with van der Waals surface area (Å²) in [6.07, 6.45) is -0.248. The molecular weight excluding hydrogens is 550 g/mol. The minimum Gasteiger partial charge on any atom is -0.477 e. The minimum atomic E-state index is -3.72. The molecule has 0 unspecified atom stereocenters. The van der Waals surface area contributed by atoms with E-state index in [1.165, 1.54) is 0 Å². The van der Waals surface area contributed by atoms with E-state index in [1.54, 1.807) is 54.3 Å². The fraction of sp³-hybridized carbons (Fsp3) is 0.212. The Morgan fingerprint density at radius 1 is 0.857 bits per heavy atom. The fourth-order valence-electron chi connectivity index (χ4n) is 4.84. The summed E-state index contributed by atoms with van der Waals surface area (Å²) >= 11 is 0. The largest absolute Gasteiger partial charge is 0.477 e. The monoisotopic (exact) mass is 583 g/mol. The summed E-state index contributed by atoms with van der Waals surface area (Å²) in [6.45, 7) is 2.26. The van der Waals surface area contributed by atoms with Gasteiger partial charge in [-0.2, -0.15) is 0 Å². The maximum absolute atomic E-state index is 13.4. The molecule has 8 nitrogen and oxygen atoms in total. The Morgan fingerprint density at radius 2 is 1.50 bits per heavy atom. The zero-order valence-corrected chi connectivity index (χ0v) is 24.1. The first-order valence-corrected chi connectivity index (χ1v) is 15.3. The molecule has 2 atom stereocenters.